The molecule has 0 bridgehead atoms. The lowest BCUT2D eigenvalue weighted by atomic mass is 10.3. The molecule has 0 spiro atoms. The standard InChI is InChI=1S/C10H17N5O/c1-8-7-9(12-11-8)10(16)13-15-5-3-14(2)4-6-15/h7H,3-6H2,1-2H3,(H,11,12)(H,13,16). The van der Waals surface area contributed by atoms with E-state index in [1.54, 1.807) is 6.07 Å². The number of H-pyrrole nitrogens is 1. The number of amides is 1. The molecule has 0 atom stereocenters. The van der Waals surface area contributed by atoms with Crippen molar-refractivity contribution in [1.82, 2.24) is 25.5 Å². The fourth-order valence-corrected chi connectivity index (χ4v) is 1.65. The summed E-state index contributed by atoms with van der Waals surface area (Å²) in [5.74, 6) is -0.145. The van der Waals surface area contributed by atoms with Crippen molar-refractivity contribution >= 4 is 5.91 Å². The first-order valence-corrected chi connectivity index (χ1v) is 5.41. The molecule has 1 aliphatic heterocycles. The summed E-state index contributed by atoms with van der Waals surface area (Å²) in [7, 11) is 2.08. The number of hydrogen-bond acceptors (Lipinski definition) is 4. The first kappa shape index (κ1) is 11.1. The average Bonchev–Trinajstić information content (AvgIpc) is 2.68. The van der Waals surface area contributed by atoms with E-state index in [1.807, 2.05) is 11.9 Å². The zero-order valence-corrected chi connectivity index (χ0v) is 9.66. The number of aromatic amines is 1. The van der Waals surface area contributed by atoms with Crippen molar-refractivity contribution in [1.29, 1.82) is 0 Å². The highest BCUT2D eigenvalue weighted by molar-refractivity contribution is 5.91. The average molecular weight is 223 g/mol. The first-order chi connectivity index (χ1) is 7.65. The van der Waals surface area contributed by atoms with Crippen LogP contribution in [0.3, 0.4) is 0 Å². The Balaban J connectivity index is 1.88. The Hall–Kier alpha value is -1.40. The highest BCUT2D eigenvalue weighted by Crippen LogP contribution is 2.00. The minimum Gasteiger partial charge on any atom is -0.304 e. The number of likely N-dealkylation sites (N-methyl/N-ethyl adjacent to an activating group) is 1. The van der Waals surface area contributed by atoms with E-state index in [9.17, 15) is 4.79 Å². The van der Waals surface area contributed by atoms with Gasteiger partial charge in [-0.15, -0.1) is 0 Å². The molecule has 1 aromatic heterocycles. The molecule has 16 heavy (non-hydrogen) atoms. The summed E-state index contributed by atoms with van der Waals surface area (Å²) in [4.78, 5) is 14.0. The van der Waals surface area contributed by atoms with Gasteiger partial charge in [0, 0.05) is 31.9 Å². The summed E-state index contributed by atoms with van der Waals surface area (Å²) in [6, 6.07) is 1.74. The molecular weight excluding hydrogens is 206 g/mol. The van der Waals surface area contributed by atoms with Gasteiger partial charge < -0.3 is 4.90 Å². The van der Waals surface area contributed by atoms with Gasteiger partial charge in [0.1, 0.15) is 0 Å². The molecule has 1 amide bonds. The molecule has 0 unspecified atom stereocenters. The van der Waals surface area contributed by atoms with Gasteiger partial charge in [-0.2, -0.15) is 5.10 Å². The van der Waals surface area contributed by atoms with Crippen LogP contribution in [-0.2, 0) is 0 Å². The monoisotopic (exact) mass is 223 g/mol. The van der Waals surface area contributed by atoms with Crippen molar-refractivity contribution in [2.75, 3.05) is 33.2 Å². The van der Waals surface area contributed by atoms with Gasteiger partial charge in [0.15, 0.2) is 5.69 Å². The molecule has 2 rings (SSSR count). The summed E-state index contributed by atoms with van der Waals surface area (Å²) in [6.07, 6.45) is 0. The van der Waals surface area contributed by atoms with E-state index in [0.717, 1.165) is 31.9 Å². The van der Waals surface area contributed by atoms with Crippen molar-refractivity contribution in [3.63, 3.8) is 0 Å². The number of nitrogens with zero attached hydrogens (tertiary/aromatic N) is 3. The van der Waals surface area contributed by atoms with Crippen LogP contribution in [0.5, 0.6) is 0 Å². The van der Waals surface area contributed by atoms with Gasteiger partial charge >= 0.3 is 0 Å². The maximum Gasteiger partial charge on any atom is 0.286 e. The summed E-state index contributed by atoms with van der Waals surface area (Å²) in [5, 5.41) is 8.62. The van der Waals surface area contributed by atoms with Crippen LogP contribution in [0.25, 0.3) is 0 Å². The van der Waals surface area contributed by atoms with E-state index < -0.39 is 0 Å². The topological polar surface area (TPSA) is 64.3 Å². The van der Waals surface area contributed by atoms with E-state index in [0.29, 0.717) is 5.69 Å². The van der Waals surface area contributed by atoms with E-state index in [2.05, 4.69) is 27.6 Å². The summed E-state index contributed by atoms with van der Waals surface area (Å²) >= 11 is 0. The molecule has 6 nitrogen and oxygen atoms in total. The largest absolute Gasteiger partial charge is 0.304 e. The Bertz CT molecular complexity index is 367. The number of piperazine rings is 1. The SMILES string of the molecule is Cc1cc(C(=O)NN2CCN(C)CC2)n[nH]1. The fourth-order valence-electron chi connectivity index (χ4n) is 1.65. The third-order valence-electron chi connectivity index (χ3n) is 2.70. The second kappa shape index (κ2) is 4.63. The van der Waals surface area contributed by atoms with Gasteiger partial charge in [0.2, 0.25) is 0 Å². The predicted molar refractivity (Wildman–Crippen MR) is 59.9 cm³/mol. The molecule has 1 aromatic rings. The highest BCUT2D eigenvalue weighted by Gasteiger charge is 2.17. The number of carbonyl (C=O) groups is 1. The molecule has 1 aliphatic rings. The van der Waals surface area contributed by atoms with Crippen LogP contribution in [0.4, 0.5) is 0 Å². The summed E-state index contributed by atoms with van der Waals surface area (Å²) in [6.45, 7) is 5.52. The number of nitrogens with one attached hydrogen (secondary N) is 2. The van der Waals surface area contributed by atoms with Gasteiger partial charge in [0.05, 0.1) is 0 Å². The maximum atomic E-state index is 11.8. The lowest BCUT2D eigenvalue weighted by Crippen LogP contribution is -2.52. The Kier molecular flexibility index (Phi) is 3.21. The van der Waals surface area contributed by atoms with Crippen LogP contribution in [-0.4, -0.2) is 59.2 Å². The second-order valence-corrected chi connectivity index (χ2v) is 4.17. The smallest absolute Gasteiger partial charge is 0.286 e. The molecule has 0 aromatic carbocycles. The van der Waals surface area contributed by atoms with Crippen LogP contribution >= 0.6 is 0 Å². The Morgan fingerprint density at radius 1 is 1.44 bits per heavy atom. The van der Waals surface area contributed by atoms with E-state index in [1.165, 1.54) is 0 Å². The number of rotatable bonds is 2. The van der Waals surface area contributed by atoms with Gasteiger partial charge in [0.25, 0.3) is 5.91 Å². The van der Waals surface area contributed by atoms with Crippen molar-refractivity contribution in [3.05, 3.63) is 17.5 Å². The third-order valence-corrected chi connectivity index (χ3v) is 2.70. The van der Waals surface area contributed by atoms with Crippen molar-refractivity contribution in [2.45, 2.75) is 6.92 Å². The first-order valence-electron chi connectivity index (χ1n) is 5.41. The van der Waals surface area contributed by atoms with Gasteiger partial charge in [-0.3, -0.25) is 15.3 Å². The van der Waals surface area contributed by atoms with Gasteiger partial charge in [-0.05, 0) is 20.0 Å². The zero-order chi connectivity index (χ0) is 11.5. The van der Waals surface area contributed by atoms with Gasteiger partial charge in [-0.25, -0.2) is 5.01 Å². The summed E-state index contributed by atoms with van der Waals surface area (Å²) < 4.78 is 0. The van der Waals surface area contributed by atoms with Crippen LogP contribution < -0.4 is 5.43 Å². The van der Waals surface area contributed by atoms with Gasteiger partial charge in [-0.1, -0.05) is 0 Å². The zero-order valence-electron chi connectivity index (χ0n) is 9.66. The van der Waals surface area contributed by atoms with E-state index >= 15 is 0 Å². The summed E-state index contributed by atoms with van der Waals surface area (Å²) in [5.41, 5.74) is 4.19. The van der Waals surface area contributed by atoms with Crippen molar-refractivity contribution < 1.29 is 4.79 Å². The van der Waals surface area contributed by atoms with Crippen molar-refractivity contribution in [2.24, 2.45) is 0 Å². The lowest BCUT2D eigenvalue weighted by Gasteiger charge is -2.32. The normalized spacial score (nSPS) is 18.6. The molecule has 2 heterocycles. The maximum absolute atomic E-state index is 11.8. The Morgan fingerprint density at radius 2 is 2.12 bits per heavy atom. The molecule has 1 saturated heterocycles. The van der Waals surface area contributed by atoms with E-state index in [-0.39, 0.29) is 5.91 Å². The Morgan fingerprint density at radius 3 is 2.69 bits per heavy atom. The molecule has 88 valence electrons. The molecule has 0 radical (unpaired) electrons. The quantitative estimate of drug-likeness (QED) is 0.717. The molecule has 1 fully saturated rings. The van der Waals surface area contributed by atoms with Crippen molar-refractivity contribution in [3.8, 4) is 0 Å². The van der Waals surface area contributed by atoms with E-state index in [4.69, 9.17) is 0 Å². The molecule has 0 saturated carbocycles. The number of hydrogen-bond donors (Lipinski definition) is 2. The molecule has 6 heteroatoms. The van der Waals surface area contributed by atoms with Crippen LogP contribution in [0.1, 0.15) is 16.2 Å². The fraction of sp³-hybridized carbons (Fsp3) is 0.600. The highest BCUT2D eigenvalue weighted by atomic mass is 16.2. The lowest BCUT2D eigenvalue weighted by molar-refractivity contribution is 0.0657. The minimum absolute atomic E-state index is 0.145. The second-order valence-electron chi connectivity index (χ2n) is 4.17. The minimum atomic E-state index is -0.145. The van der Waals surface area contributed by atoms with Crippen LogP contribution in [0.2, 0.25) is 0 Å². The number of aromatic nitrogens is 2. The third kappa shape index (κ3) is 2.59. The number of hydrazine groups is 1. The van der Waals surface area contributed by atoms with Crippen LogP contribution in [0, 0.1) is 6.92 Å². The predicted octanol–water partition coefficient (Wildman–Crippen LogP) is -0.390. The molecular formula is C10H17N5O. The van der Waals surface area contributed by atoms with Crippen LogP contribution in [0.15, 0.2) is 6.07 Å². The molecule has 0 aliphatic carbocycles. The Labute approximate surface area is 94.6 Å². The molecule has 2 N–H and O–H groups in total. The number of carbonyl (C=O) groups excluding carboxylic acids is 1. The number of aryl methyl sites for hydroxylation is 1.